The number of hydrogen-bond donors (Lipinski definition) is 1. The molecule has 0 radical (unpaired) electrons. The maximum absolute atomic E-state index is 12.3. The summed E-state index contributed by atoms with van der Waals surface area (Å²) in [7, 11) is 0. The lowest BCUT2D eigenvalue weighted by molar-refractivity contribution is -0.116. The molecular formula is C21H29N3O3S. The van der Waals surface area contributed by atoms with E-state index in [1.54, 1.807) is 0 Å². The topological polar surface area (TPSA) is 63.7 Å². The Bertz CT molecular complexity index is 770. The van der Waals surface area contributed by atoms with E-state index in [-0.39, 0.29) is 18.1 Å². The highest BCUT2D eigenvalue weighted by molar-refractivity contribution is 7.13. The summed E-state index contributed by atoms with van der Waals surface area (Å²) < 4.78 is 11.4. The van der Waals surface area contributed by atoms with Gasteiger partial charge in [-0.1, -0.05) is 18.2 Å². The van der Waals surface area contributed by atoms with Gasteiger partial charge in [0, 0.05) is 31.4 Å². The molecule has 2 aromatic rings. The number of nitrogens with one attached hydrogen (secondary N) is 1. The third-order valence-corrected chi connectivity index (χ3v) is 5.38. The van der Waals surface area contributed by atoms with Gasteiger partial charge in [0.1, 0.15) is 5.75 Å². The van der Waals surface area contributed by atoms with Gasteiger partial charge in [0.15, 0.2) is 5.13 Å². The maximum atomic E-state index is 12.3. The van der Waals surface area contributed by atoms with Crippen molar-refractivity contribution in [3.8, 4) is 5.75 Å². The van der Waals surface area contributed by atoms with Gasteiger partial charge in [-0.3, -0.25) is 9.69 Å². The average molecular weight is 404 g/mol. The van der Waals surface area contributed by atoms with E-state index in [0.29, 0.717) is 24.6 Å². The van der Waals surface area contributed by atoms with Crippen molar-refractivity contribution in [3.63, 3.8) is 0 Å². The number of anilines is 1. The Morgan fingerprint density at radius 1 is 1.32 bits per heavy atom. The molecule has 2 unspecified atom stereocenters. The lowest BCUT2D eigenvalue weighted by Crippen LogP contribution is -2.44. The number of aryl methyl sites for hydroxylation is 1. The summed E-state index contributed by atoms with van der Waals surface area (Å²) in [4.78, 5) is 19.3. The maximum Gasteiger partial charge on any atom is 0.226 e. The van der Waals surface area contributed by atoms with E-state index < -0.39 is 0 Å². The smallest absolute Gasteiger partial charge is 0.226 e. The highest BCUT2D eigenvalue weighted by Gasteiger charge is 2.22. The molecule has 1 aliphatic heterocycles. The summed E-state index contributed by atoms with van der Waals surface area (Å²) in [6.07, 6.45) is 1.52. The lowest BCUT2D eigenvalue weighted by atomic mass is 10.1. The molecule has 152 valence electrons. The van der Waals surface area contributed by atoms with E-state index in [2.05, 4.69) is 29.0 Å². The summed E-state index contributed by atoms with van der Waals surface area (Å²) in [6, 6.07) is 7.86. The van der Waals surface area contributed by atoms with E-state index in [9.17, 15) is 4.79 Å². The number of aromatic nitrogens is 1. The molecular weight excluding hydrogens is 374 g/mol. The molecule has 1 fully saturated rings. The molecule has 1 aromatic heterocycles. The number of hydrogen-bond acceptors (Lipinski definition) is 6. The number of thiazole rings is 1. The van der Waals surface area contributed by atoms with Gasteiger partial charge in [-0.15, -0.1) is 11.3 Å². The van der Waals surface area contributed by atoms with Crippen LogP contribution in [0.25, 0.3) is 0 Å². The van der Waals surface area contributed by atoms with Crippen molar-refractivity contribution < 1.29 is 14.3 Å². The van der Waals surface area contributed by atoms with Crippen LogP contribution in [-0.2, 0) is 22.5 Å². The normalized spacial score (nSPS) is 20.1. The number of ether oxygens (including phenoxy) is 2. The molecule has 1 saturated heterocycles. The van der Waals surface area contributed by atoms with Gasteiger partial charge in [0.05, 0.1) is 24.5 Å². The predicted octanol–water partition coefficient (Wildman–Crippen LogP) is 3.72. The molecule has 0 aliphatic carbocycles. The zero-order valence-electron chi connectivity index (χ0n) is 16.8. The van der Waals surface area contributed by atoms with Gasteiger partial charge in [-0.05, 0) is 38.8 Å². The largest absolute Gasteiger partial charge is 0.494 e. The number of nitrogens with zero attached hydrogens (tertiary/aromatic N) is 2. The lowest BCUT2D eigenvalue weighted by Gasteiger charge is -2.34. The molecule has 0 spiro atoms. The fourth-order valence-corrected chi connectivity index (χ4v) is 4.23. The van der Waals surface area contributed by atoms with Crippen LogP contribution in [0.1, 0.15) is 38.4 Å². The van der Waals surface area contributed by atoms with Gasteiger partial charge in [0.25, 0.3) is 0 Å². The number of carbonyl (C=O) groups excluding carboxylic acids is 1. The van der Waals surface area contributed by atoms with Crippen LogP contribution in [0.5, 0.6) is 5.75 Å². The fourth-order valence-electron chi connectivity index (χ4n) is 3.52. The molecule has 0 bridgehead atoms. The van der Waals surface area contributed by atoms with Crippen LogP contribution < -0.4 is 10.1 Å². The first-order chi connectivity index (χ1) is 13.5. The van der Waals surface area contributed by atoms with E-state index in [1.165, 1.54) is 11.3 Å². The van der Waals surface area contributed by atoms with Gasteiger partial charge >= 0.3 is 0 Å². The highest BCUT2D eigenvalue weighted by Crippen LogP contribution is 2.21. The molecule has 7 heteroatoms. The second-order valence-electron chi connectivity index (χ2n) is 7.18. The number of carbonyl (C=O) groups is 1. The van der Waals surface area contributed by atoms with Crippen LogP contribution in [0.4, 0.5) is 5.13 Å². The van der Waals surface area contributed by atoms with Gasteiger partial charge < -0.3 is 14.8 Å². The minimum absolute atomic E-state index is 0.0270. The minimum Gasteiger partial charge on any atom is -0.494 e. The quantitative estimate of drug-likeness (QED) is 0.728. The zero-order chi connectivity index (χ0) is 19.9. The number of para-hydroxylation sites is 1. The van der Waals surface area contributed by atoms with Crippen LogP contribution in [-0.4, -0.2) is 47.7 Å². The Morgan fingerprint density at radius 3 is 2.82 bits per heavy atom. The molecule has 1 amide bonds. The van der Waals surface area contributed by atoms with Gasteiger partial charge in [-0.2, -0.15) is 0 Å². The highest BCUT2D eigenvalue weighted by atomic mass is 32.1. The van der Waals surface area contributed by atoms with Crippen LogP contribution in [0.3, 0.4) is 0 Å². The van der Waals surface area contributed by atoms with Crippen molar-refractivity contribution in [1.29, 1.82) is 0 Å². The van der Waals surface area contributed by atoms with Crippen molar-refractivity contribution in [2.45, 2.75) is 52.4 Å². The van der Waals surface area contributed by atoms with Gasteiger partial charge in [0.2, 0.25) is 5.91 Å². The molecule has 2 heterocycles. The summed E-state index contributed by atoms with van der Waals surface area (Å²) in [5.41, 5.74) is 2.04. The van der Waals surface area contributed by atoms with Crippen molar-refractivity contribution >= 4 is 22.4 Å². The standard InChI is InChI=1S/C21H29N3O3S/c1-4-26-19-8-6-5-7-17(19)9-10-20(25)23-21-22-18(14-28-21)13-24-11-15(2)27-16(3)12-24/h5-8,14-16H,4,9-13H2,1-3H3,(H,22,23,25). The van der Waals surface area contributed by atoms with Crippen LogP contribution >= 0.6 is 11.3 Å². The van der Waals surface area contributed by atoms with Crippen LogP contribution in [0.15, 0.2) is 29.6 Å². The zero-order valence-corrected chi connectivity index (χ0v) is 17.6. The first-order valence-electron chi connectivity index (χ1n) is 9.86. The summed E-state index contributed by atoms with van der Waals surface area (Å²) in [6.45, 7) is 9.36. The van der Waals surface area contributed by atoms with E-state index in [1.807, 2.05) is 36.6 Å². The van der Waals surface area contributed by atoms with Crippen molar-refractivity contribution in [3.05, 3.63) is 40.9 Å². The molecule has 1 aromatic carbocycles. The Hall–Kier alpha value is -1.96. The molecule has 1 aliphatic rings. The van der Waals surface area contributed by atoms with Crippen molar-refractivity contribution in [2.24, 2.45) is 0 Å². The Balaban J connectivity index is 1.49. The number of benzene rings is 1. The fraction of sp³-hybridized carbons (Fsp3) is 0.524. The molecule has 1 N–H and O–H groups in total. The first kappa shape index (κ1) is 20.8. The Morgan fingerprint density at radius 2 is 2.07 bits per heavy atom. The molecule has 0 saturated carbocycles. The van der Waals surface area contributed by atoms with E-state index in [0.717, 1.165) is 36.6 Å². The minimum atomic E-state index is -0.0270. The predicted molar refractivity (Wildman–Crippen MR) is 112 cm³/mol. The van der Waals surface area contributed by atoms with E-state index in [4.69, 9.17) is 9.47 Å². The third-order valence-electron chi connectivity index (χ3n) is 4.57. The van der Waals surface area contributed by atoms with E-state index >= 15 is 0 Å². The van der Waals surface area contributed by atoms with Crippen molar-refractivity contribution in [2.75, 3.05) is 25.0 Å². The summed E-state index contributed by atoms with van der Waals surface area (Å²) >= 11 is 1.48. The second kappa shape index (κ2) is 10.0. The number of rotatable bonds is 8. The molecule has 2 atom stereocenters. The van der Waals surface area contributed by atoms with Crippen LogP contribution in [0, 0.1) is 0 Å². The Kier molecular flexibility index (Phi) is 7.42. The SMILES string of the molecule is CCOc1ccccc1CCC(=O)Nc1nc(CN2CC(C)OC(C)C2)cs1. The molecule has 6 nitrogen and oxygen atoms in total. The van der Waals surface area contributed by atoms with Gasteiger partial charge in [-0.25, -0.2) is 4.98 Å². The van der Waals surface area contributed by atoms with Crippen LogP contribution in [0.2, 0.25) is 0 Å². The third kappa shape index (κ3) is 6.02. The molecule has 3 rings (SSSR count). The number of amides is 1. The average Bonchev–Trinajstić information content (AvgIpc) is 3.07. The summed E-state index contributed by atoms with van der Waals surface area (Å²) in [5, 5.41) is 5.60. The Labute approximate surface area is 170 Å². The molecule has 28 heavy (non-hydrogen) atoms. The van der Waals surface area contributed by atoms with Crippen molar-refractivity contribution in [1.82, 2.24) is 9.88 Å². The first-order valence-corrected chi connectivity index (χ1v) is 10.7. The second-order valence-corrected chi connectivity index (χ2v) is 8.04. The monoisotopic (exact) mass is 403 g/mol. The number of morpholine rings is 1. The summed E-state index contributed by atoms with van der Waals surface area (Å²) in [5.74, 6) is 0.823.